The molecule has 10 aromatic carbocycles. The van der Waals surface area contributed by atoms with Crippen LogP contribution in [0.3, 0.4) is 0 Å². The van der Waals surface area contributed by atoms with Gasteiger partial charge in [-0.05, 0) is 109 Å². The third-order valence-corrected chi connectivity index (χ3v) is 11.5. The molecule has 11 rings (SSSR count). The molecule has 0 spiro atoms. The summed E-state index contributed by atoms with van der Waals surface area (Å²) in [5.41, 5.74) is 14.5. The van der Waals surface area contributed by atoms with Gasteiger partial charge in [0.1, 0.15) is 11.2 Å². The molecule has 0 aliphatic rings. The molecule has 2 nitrogen and oxygen atoms in total. The van der Waals surface area contributed by atoms with Crippen LogP contribution in [0, 0.1) is 0 Å². The van der Waals surface area contributed by atoms with Gasteiger partial charge in [0, 0.05) is 27.7 Å². The fourth-order valence-corrected chi connectivity index (χ4v) is 8.71. The summed E-state index contributed by atoms with van der Waals surface area (Å²) in [4.78, 5) is 2.39. The Kier molecular flexibility index (Phi) is 8.19. The maximum Gasteiger partial charge on any atom is 0.136 e. The van der Waals surface area contributed by atoms with E-state index in [1.807, 2.05) is 0 Å². The minimum Gasteiger partial charge on any atom is -0.456 e. The van der Waals surface area contributed by atoms with Crippen molar-refractivity contribution in [2.24, 2.45) is 0 Å². The van der Waals surface area contributed by atoms with Gasteiger partial charge in [0.15, 0.2) is 0 Å². The van der Waals surface area contributed by atoms with E-state index in [2.05, 4.69) is 229 Å². The quantitative estimate of drug-likeness (QED) is 0.162. The Balaban J connectivity index is 1.10. The summed E-state index contributed by atoms with van der Waals surface area (Å²) in [5, 5.41) is 7.07. The summed E-state index contributed by atoms with van der Waals surface area (Å²) in [6, 6.07) is 80.7. The van der Waals surface area contributed by atoms with Crippen molar-refractivity contribution in [3.05, 3.63) is 224 Å². The van der Waals surface area contributed by atoms with Crippen molar-refractivity contribution in [3.8, 4) is 44.5 Å². The van der Waals surface area contributed by atoms with Crippen molar-refractivity contribution in [2.45, 2.75) is 0 Å². The molecule has 2 heteroatoms. The van der Waals surface area contributed by atoms with Gasteiger partial charge in [-0.15, -0.1) is 0 Å². The van der Waals surface area contributed by atoms with Crippen LogP contribution in [-0.2, 0) is 0 Å². The third kappa shape index (κ3) is 5.82. The molecular formula is C56H37NO. The monoisotopic (exact) mass is 739 g/mol. The molecule has 1 aromatic heterocycles. The molecule has 0 aliphatic carbocycles. The zero-order chi connectivity index (χ0) is 38.4. The van der Waals surface area contributed by atoms with Crippen LogP contribution in [0.5, 0.6) is 0 Å². The number of hydrogen-bond acceptors (Lipinski definition) is 2. The van der Waals surface area contributed by atoms with Crippen LogP contribution in [0.15, 0.2) is 229 Å². The average molecular weight is 740 g/mol. The predicted octanol–water partition coefficient (Wildman–Crippen LogP) is 16.0. The van der Waals surface area contributed by atoms with E-state index >= 15 is 0 Å². The molecule has 58 heavy (non-hydrogen) atoms. The molecule has 0 aliphatic heterocycles. The SMILES string of the molecule is c1ccc(-c2ccc(N(c3ccc(-c4c(-c5ccccc5)ccc5ccccc45)cc3)c3ccccc3-c3cccc4oc5cc6ccccc6cc5c34)cc2)cc1. The zero-order valence-corrected chi connectivity index (χ0v) is 31.7. The van der Waals surface area contributed by atoms with Gasteiger partial charge in [-0.1, -0.05) is 176 Å². The smallest absolute Gasteiger partial charge is 0.136 e. The first-order valence-electron chi connectivity index (χ1n) is 19.8. The van der Waals surface area contributed by atoms with Crippen molar-refractivity contribution in [2.75, 3.05) is 4.90 Å². The first-order valence-corrected chi connectivity index (χ1v) is 19.8. The highest BCUT2D eigenvalue weighted by molar-refractivity contribution is 6.16. The Bertz CT molecular complexity index is 3250. The number of hydrogen-bond donors (Lipinski definition) is 0. The Morgan fingerprint density at radius 3 is 1.62 bits per heavy atom. The second-order valence-corrected chi connectivity index (χ2v) is 14.9. The predicted molar refractivity (Wildman–Crippen MR) is 245 cm³/mol. The number of nitrogens with zero attached hydrogens (tertiary/aromatic N) is 1. The van der Waals surface area contributed by atoms with Gasteiger partial charge in [0.2, 0.25) is 0 Å². The number of rotatable bonds is 7. The largest absolute Gasteiger partial charge is 0.456 e. The van der Waals surface area contributed by atoms with E-state index in [-0.39, 0.29) is 0 Å². The van der Waals surface area contributed by atoms with Crippen LogP contribution in [0.4, 0.5) is 17.1 Å². The Labute approximate surface area is 337 Å². The lowest BCUT2D eigenvalue weighted by Crippen LogP contribution is -2.11. The molecule has 0 saturated carbocycles. The van der Waals surface area contributed by atoms with Crippen molar-refractivity contribution in [3.63, 3.8) is 0 Å². The maximum atomic E-state index is 6.56. The first kappa shape index (κ1) is 33.6. The molecule has 0 saturated heterocycles. The number of para-hydroxylation sites is 1. The number of benzene rings is 10. The van der Waals surface area contributed by atoms with Gasteiger partial charge in [-0.3, -0.25) is 0 Å². The summed E-state index contributed by atoms with van der Waals surface area (Å²) >= 11 is 0. The number of anilines is 3. The van der Waals surface area contributed by atoms with Crippen LogP contribution < -0.4 is 4.90 Å². The van der Waals surface area contributed by atoms with E-state index < -0.39 is 0 Å². The van der Waals surface area contributed by atoms with Gasteiger partial charge in [-0.2, -0.15) is 0 Å². The van der Waals surface area contributed by atoms with Crippen LogP contribution in [-0.4, -0.2) is 0 Å². The maximum absolute atomic E-state index is 6.56. The molecule has 0 fully saturated rings. The van der Waals surface area contributed by atoms with Gasteiger partial charge in [0.25, 0.3) is 0 Å². The fourth-order valence-electron chi connectivity index (χ4n) is 8.71. The minimum atomic E-state index is 0.880. The zero-order valence-electron chi connectivity index (χ0n) is 31.7. The third-order valence-electron chi connectivity index (χ3n) is 11.5. The standard InChI is InChI=1S/C56H37NO/c1-3-14-38(15-4-1)39-26-31-45(32-27-39)57(46-33-28-42(29-34-46)55-47-21-10-9-18-41(47)30-35-48(55)40-16-5-2-6-17-40)52-24-12-11-22-49(52)50-23-13-25-53-56(50)51-36-43-19-7-8-20-44(43)37-54(51)58-53/h1-37H. The van der Waals surface area contributed by atoms with Crippen molar-refractivity contribution < 1.29 is 4.42 Å². The number of fused-ring (bicyclic) bond motifs is 5. The lowest BCUT2D eigenvalue weighted by Gasteiger charge is -2.28. The molecule has 272 valence electrons. The fraction of sp³-hybridized carbons (Fsp3) is 0. The van der Waals surface area contributed by atoms with Crippen molar-refractivity contribution in [1.82, 2.24) is 0 Å². The topological polar surface area (TPSA) is 16.4 Å². The van der Waals surface area contributed by atoms with E-state index in [0.717, 1.165) is 50.1 Å². The van der Waals surface area contributed by atoms with Crippen LogP contribution in [0.1, 0.15) is 0 Å². The molecule has 11 aromatic rings. The summed E-state index contributed by atoms with van der Waals surface area (Å²) in [6.45, 7) is 0. The van der Waals surface area contributed by atoms with Crippen molar-refractivity contribution in [1.29, 1.82) is 0 Å². The lowest BCUT2D eigenvalue weighted by molar-refractivity contribution is 0.669. The van der Waals surface area contributed by atoms with E-state index in [1.165, 1.54) is 54.9 Å². The Morgan fingerprint density at radius 2 is 0.879 bits per heavy atom. The highest BCUT2D eigenvalue weighted by Crippen LogP contribution is 2.46. The Morgan fingerprint density at radius 1 is 0.310 bits per heavy atom. The highest BCUT2D eigenvalue weighted by atomic mass is 16.3. The molecule has 1 heterocycles. The van der Waals surface area contributed by atoms with Gasteiger partial charge >= 0.3 is 0 Å². The van der Waals surface area contributed by atoms with E-state index in [1.54, 1.807) is 0 Å². The molecule has 0 atom stereocenters. The molecule has 0 radical (unpaired) electrons. The second kappa shape index (κ2) is 14.1. The summed E-state index contributed by atoms with van der Waals surface area (Å²) in [7, 11) is 0. The van der Waals surface area contributed by atoms with E-state index in [9.17, 15) is 0 Å². The van der Waals surface area contributed by atoms with Crippen LogP contribution in [0.2, 0.25) is 0 Å². The van der Waals surface area contributed by atoms with Gasteiger partial charge in [-0.25, -0.2) is 0 Å². The average Bonchev–Trinajstić information content (AvgIpc) is 3.67. The first-order chi connectivity index (χ1) is 28.8. The van der Waals surface area contributed by atoms with Crippen LogP contribution in [0.25, 0.3) is 88.0 Å². The molecule has 0 bridgehead atoms. The molecule has 0 N–H and O–H groups in total. The Hall–Kier alpha value is -7.68. The molecule has 0 unspecified atom stereocenters. The summed E-state index contributed by atoms with van der Waals surface area (Å²) in [5.74, 6) is 0. The lowest BCUT2D eigenvalue weighted by atomic mass is 9.89. The van der Waals surface area contributed by atoms with Crippen LogP contribution >= 0.6 is 0 Å². The molecular weight excluding hydrogens is 703 g/mol. The minimum absolute atomic E-state index is 0.880. The van der Waals surface area contributed by atoms with E-state index in [0.29, 0.717) is 0 Å². The second-order valence-electron chi connectivity index (χ2n) is 14.9. The number of furan rings is 1. The molecule has 0 amide bonds. The normalized spacial score (nSPS) is 11.4. The summed E-state index contributed by atoms with van der Waals surface area (Å²) < 4.78 is 6.56. The van der Waals surface area contributed by atoms with E-state index in [4.69, 9.17) is 4.42 Å². The van der Waals surface area contributed by atoms with Crippen molar-refractivity contribution >= 4 is 60.5 Å². The highest BCUT2D eigenvalue weighted by Gasteiger charge is 2.21. The van der Waals surface area contributed by atoms with Gasteiger partial charge < -0.3 is 9.32 Å². The summed E-state index contributed by atoms with van der Waals surface area (Å²) in [6.07, 6.45) is 0. The van der Waals surface area contributed by atoms with Gasteiger partial charge in [0.05, 0.1) is 5.69 Å².